The van der Waals surface area contributed by atoms with E-state index in [1.54, 1.807) is 0 Å². The van der Waals surface area contributed by atoms with E-state index in [1.165, 1.54) is 16.7 Å². The Balaban J connectivity index is 2.73. The molecule has 0 amide bonds. The molecule has 0 fully saturated rings. The molecule has 2 N–H and O–H groups in total. The van der Waals surface area contributed by atoms with Crippen molar-refractivity contribution in [3.63, 3.8) is 0 Å². The normalized spacial score (nSPS) is 11.8. The van der Waals surface area contributed by atoms with Gasteiger partial charge in [0, 0.05) is 6.54 Å². The van der Waals surface area contributed by atoms with Crippen molar-refractivity contribution in [1.82, 2.24) is 0 Å². The van der Waals surface area contributed by atoms with E-state index in [1.807, 2.05) is 13.8 Å². The third kappa shape index (κ3) is 3.33. The molecule has 0 aliphatic heterocycles. The minimum Gasteiger partial charge on any atom is -0.370 e. The van der Waals surface area contributed by atoms with Crippen molar-refractivity contribution < 1.29 is 4.74 Å². The van der Waals surface area contributed by atoms with Crippen LogP contribution < -0.4 is 5.73 Å². The van der Waals surface area contributed by atoms with Gasteiger partial charge in [-0.1, -0.05) is 18.2 Å². The maximum atomic E-state index is 5.80. The number of ether oxygens (including phenoxy) is 1. The van der Waals surface area contributed by atoms with Crippen LogP contribution in [-0.2, 0) is 11.3 Å². The Morgan fingerprint density at radius 2 is 1.73 bits per heavy atom. The fourth-order valence-corrected chi connectivity index (χ4v) is 1.40. The lowest BCUT2D eigenvalue weighted by Crippen LogP contribution is -2.33. The minimum atomic E-state index is -0.241. The summed E-state index contributed by atoms with van der Waals surface area (Å²) in [4.78, 5) is 0. The molecule has 1 aromatic rings. The van der Waals surface area contributed by atoms with Gasteiger partial charge in [0.1, 0.15) is 0 Å². The Kier molecular flexibility index (Phi) is 3.89. The van der Waals surface area contributed by atoms with Crippen LogP contribution in [0.3, 0.4) is 0 Å². The third-order valence-electron chi connectivity index (χ3n) is 2.74. The molecule has 84 valence electrons. The number of benzene rings is 1. The van der Waals surface area contributed by atoms with Crippen LogP contribution in [0.15, 0.2) is 18.2 Å². The van der Waals surface area contributed by atoms with Crippen LogP contribution in [0.4, 0.5) is 0 Å². The topological polar surface area (TPSA) is 35.2 Å². The molecule has 0 heterocycles. The SMILES string of the molecule is Cc1cccc(C)c1COC(C)(C)CN. The highest BCUT2D eigenvalue weighted by atomic mass is 16.5. The van der Waals surface area contributed by atoms with Gasteiger partial charge in [-0.15, -0.1) is 0 Å². The van der Waals surface area contributed by atoms with Crippen molar-refractivity contribution >= 4 is 0 Å². The molecule has 2 nitrogen and oxygen atoms in total. The molecule has 0 aliphatic carbocycles. The number of hydrogen-bond acceptors (Lipinski definition) is 2. The van der Waals surface area contributed by atoms with Gasteiger partial charge < -0.3 is 10.5 Å². The van der Waals surface area contributed by atoms with Crippen LogP contribution in [-0.4, -0.2) is 12.1 Å². The quantitative estimate of drug-likeness (QED) is 0.823. The average molecular weight is 207 g/mol. The molecule has 0 saturated carbocycles. The van der Waals surface area contributed by atoms with Gasteiger partial charge in [-0.25, -0.2) is 0 Å². The molecule has 1 rings (SSSR count). The second-order valence-corrected chi connectivity index (χ2v) is 4.62. The van der Waals surface area contributed by atoms with Crippen LogP contribution in [0.5, 0.6) is 0 Å². The lowest BCUT2D eigenvalue weighted by Gasteiger charge is -2.24. The lowest BCUT2D eigenvalue weighted by molar-refractivity contribution is -0.0225. The molecule has 1 aromatic carbocycles. The fourth-order valence-electron chi connectivity index (χ4n) is 1.40. The van der Waals surface area contributed by atoms with E-state index in [4.69, 9.17) is 10.5 Å². The first-order valence-corrected chi connectivity index (χ1v) is 5.35. The third-order valence-corrected chi connectivity index (χ3v) is 2.74. The van der Waals surface area contributed by atoms with Crippen LogP contribution in [0.1, 0.15) is 30.5 Å². The highest BCUT2D eigenvalue weighted by molar-refractivity contribution is 5.32. The molecule has 0 saturated heterocycles. The van der Waals surface area contributed by atoms with Gasteiger partial charge in [0.25, 0.3) is 0 Å². The first-order chi connectivity index (χ1) is 6.96. The minimum absolute atomic E-state index is 0.241. The second-order valence-electron chi connectivity index (χ2n) is 4.62. The highest BCUT2D eigenvalue weighted by Gasteiger charge is 2.16. The van der Waals surface area contributed by atoms with Crippen molar-refractivity contribution in [3.05, 3.63) is 34.9 Å². The largest absolute Gasteiger partial charge is 0.370 e. The van der Waals surface area contributed by atoms with Crippen molar-refractivity contribution in [1.29, 1.82) is 0 Å². The Bertz CT molecular complexity index is 311. The Hall–Kier alpha value is -0.860. The van der Waals surface area contributed by atoms with Crippen LogP contribution in [0.25, 0.3) is 0 Å². The Morgan fingerprint density at radius 1 is 1.20 bits per heavy atom. The van der Waals surface area contributed by atoms with E-state index in [0.29, 0.717) is 13.2 Å². The highest BCUT2D eigenvalue weighted by Crippen LogP contribution is 2.17. The molecule has 0 aromatic heterocycles. The van der Waals surface area contributed by atoms with Gasteiger partial charge >= 0.3 is 0 Å². The maximum absolute atomic E-state index is 5.80. The molecule has 0 aliphatic rings. The molecule has 2 heteroatoms. The predicted octanol–water partition coefficient (Wildman–Crippen LogP) is 2.56. The summed E-state index contributed by atoms with van der Waals surface area (Å²) in [6.07, 6.45) is 0. The van der Waals surface area contributed by atoms with Gasteiger partial charge in [-0.3, -0.25) is 0 Å². The van der Waals surface area contributed by atoms with E-state index in [0.717, 1.165) is 0 Å². The van der Waals surface area contributed by atoms with Crippen molar-refractivity contribution in [2.24, 2.45) is 5.73 Å². The Morgan fingerprint density at radius 3 is 2.20 bits per heavy atom. The Labute approximate surface area is 92.4 Å². The lowest BCUT2D eigenvalue weighted by atomic mass is 10.0. The van der Waals surface area contributed by atoms with Crippen molar-refractivity contribution in [2.45, 2.75) is 39.9 Å². The molecule has 0 bridgehead atoms. The first-order valence-electron chi connectivity index (χ1n) is 5.35. The van der Waals surface area contributed by atoms with Crippen LogP contribution in [0, 0.1) is 13.8 Å². The van der Waals surface area contributed by atoms with E-state index in [2.05, 4.69) is 32.0 Å². The molecular formula is C13H21NO. The summed E-state index contributed by atoms with van der Waals surface area (Å²) in [5, 5.41) is 0. The van der Waals surface area contributed by atoms with E-state index in [-0.39, 0.29) is 5.60 Å². The molecule has 15 heavy (non-hydrogen) atoms. The summed E-state index contributed by atoms with van der Waals surface area (Å²) in [6, 6.07) is 6.30. The van der Waals surface area contributed by atoms with Crippen LogP contribution >= 0.6 is 0 Å². The average Bonchev–Trinajstić information content (AvgIpc) is 2.17. The molecular weight excluding hydrogens is 186 g/mol. The van der Waals surface area contributed by atoms with Gasteiger partial charge in [0.05, 0.1) is 12.2 Å². The summed E-state index contributed by atoms with van der Waals surface area (Å²) in [7, 11) is 0. The number of aryl methyl sites for hydroxylation is 2. The zero-order chi connectivity index (χ0) is 11.5. The van der Waals surface area contributed by atoms with Crippen LogP contribution in [0.2, 0.25) is 0 Å². The fraction of sp³-hybridized carbons (Fsp3) is 0.538. The molecule has 0 spiro atoms. The first kappa shape index (κ1) is 12.2. The summed E-state index contributed by atoms with van der Waals surface area (Å²) in [5.74, 6) is 0. The van der Waals surface area contributed by atoms with E-state index >= 15 is 0 Å². The maximum Gasteiger partial charge on any atom is 0.0752 e. The number of nitrogens with two attached hydrogens (primary N) is 1. The van der Waals surface area contributed by atoms with Crippen molar-refractivity contribution in [3.8, 4) is 0 Å². The summed E-state index contributed by atoms with van der Waals surface area (Å²) >= 11 is 0. The van der Waals surface area contributed by atoms with Gasteiger partial charge in [-0.05, 0) is 44.4 Å². The zero-order valence-electron chi connectivity index (χ0n) is 10.1. The standard InChI is InChI=1S/C13H21NO/c1-10-6-5-7-11(2)12(10)8-15-13(3,4)9-14/h5-7H,8-9,14H2,1-4H3. The zero-order valence-corrected chi connectivity index (χ0v) is 10.1. The summed E-state index contributed by atoms with van der Waals surface area (Å²) in [5.41, 5.74) is 9.22. The number of rotatable bonds is 4. The number of hydrogen-bond donors (Lipinski definition) is 1. The molecule has 0 unspecified atom stereocenters. The van der Waals surface area contributed by atoms with E-state index in [9.17, 15) is 0 Å². The van der Waals surface area contributed by atoms with Crippen molar-refractivity contribution in [2.75, 3.05) is 6.54 Å². The van der Waals surface area contributed by atoms with Gasteiger partial charge in [-0.2, -0.15) is 0 Å². The smallest absolute Gasteiger partial charge is 0.0752 e. The van der Waals surface area contributed by atoms with E-state index < -0.39 is 0 Å². The summed E-state index contributed by atoms with van der Waals surface area (Å²) in [6.45, 7) is 9.43. The van der Waals surface area contributed by atoms with Gasteiger partial charge in [0.15, 0.2) is 0 Å². The summed E-state index contributed by atoms with van der Waals surface area (Å²) < 4.78 is 5.80. The molecule has 0 radical (unpaired) electrons. The second kappa shape index (κ2) is 4.77. The molecule has 0 atom stereocenters. The monoisotopic (exact) mass is 207 g/mol. The van der Waals surface area contributed by atoms with Gasteiger partial charge in [0.2, 0.25) is 0 Å². The predicted molar refractivity (Wildman–Crippen MR) is 63.8 cm³/mol.